The molecule has 1 fully saturated rings. The molecule has 0 radical (unpaired) electrons. The van der Waals surface area contributed by atoms with Gasteiger partial charge in [-0.2, -0.15) is 0 Å². The van der Waals surface area contributed by atoms with E-state index < -0.39 is 5.60 Å². The molecule has 0 atom stereocenters. The number of ether oxygens (including phenoxy) is 1. The van der Waals surface area contributed by atoms with Gasteiger partial charge in [-0.05, 0) is 55.4 Å². The summed E-state index contributed by atoms with van der Waals surface area (Å²) in [7, 11) is 0. The maximum atomic E-state index is 11.8. The third-order valence-electron chi connectivity index (χ3n) is 4.59. The lowest BCUT2D eigenvalue weighted by Crippen LogP contribution is -2.42. The zero-order chi connectivity index (χ0) is 14.7. The number of carbonyl (C=O) groups is 1. The number of hydrogen-bond acceptors (Lipinski definition) is 3. The van der Waals surface area contributed by atoms with E-state index in [0.717, 1.165) is 44.3 Å². The van der Waals surface area contributed by atoms with E-state index in [9.17, 15) is 9.90 Å². The van der Waals surface area contributed by atoms with Gasteiger partial charge >= 0.3 is 0 Å². The Hall–Kier alpha value is -1.55. The Morgan fingerprint density at radius 2 is 1.95 bits per heavy atom. The molecule has 0 unspecified atom stereocenters. The van der Waals surface area contributed by atoms with Gasteiger partial charge in [0.25, 0.3) is 5.91 Å². The summed E-state index contributed by atoms with van der Waals surface area (Å²) in [6.07, 6.45) is 7.09. The molecular weight excluding hydrogens is 266 g/mol. The maximum absolute atomic E-state index is 11.8. The van der Waals surface area contributed by atoms with Crippen LogP contribution in [0.1, 0.15) is 43.2 Å². The molecule has 1 aromatic carbocycles. The van der Waals surface area contributed by atoms with Crippen LogP contribution < -0.4 is 10.1 Å². The van der Waals surface area contributed by atoms with E-state index in [0.29, 0.717) is 6.54 Å². The van der Waals surface area contributed by atoms with E-state index in [4.69, 9.17) is 4.74 Å². The first-order valence-corrected chi connectivity index (χ1v) is 7.88. The molecule has 1 amide bonds. The molecule has 2 aliphatic rings. The Morgan fingerprint density at radius 1 is 1.19 bits per heavy atom. The van der Waals surface area contributed by atoms with E-state index in [1.54, 1.807) is 0 Å². The fourth-order valence-electron chi connectivity index (χ4n) is 3.31. The van der Waals surface area contributed by atoms with Crippen molar-refractivity contribution >= 4 is 5.91 Å². The van der Waals surface area contributed by atoms with E-state index >= 15 is 0 Å². The molecular formula is C17H23NO3. The third-order valence-corrected chi connectivity index (χ3v) is 4.59. The summed E-state index contributed by atoms with van der Waals surface area (Å²) in [5, 5.41) is 12.9. The van der Waals surface area contributed by atoms with Gasteiger partial charge in [0, 0.05) is 6.54 Å². The van der Waals surface area contributed by atoms with Crippen LogP contribution in [0.25, 0.3) is 0 Å². The number of rotatable bonds is 5. The average Bonchev–Trinajstić information content (AvgIpc) is 3.11. The zero-order valence-electron chi connectivity index (χ0n) is 12.4. The Balaban J connectivity index is 1.45. The molecule has 1 saturated carbocycles. The molecule has 21 heavy (non-hydrogen) atoms. The first kappa shape index (κ1) is 14.4. The lowest BCUT2D eigenvalue weighted by molar-refractivity contribution is -0.124. The van der Waals surface area contributed by atoms with Gasteiger partial charge in [0.2, 0.25) is 0 Å². The Labute approximate surface area is 125 Å². The molecule has 0 saturated heterocycles. The van der Waals surface area contributed by atoms with Crippen molar-refractivity contribution in [3.05, 3.63) is 29.3 Å². The van der Waals surface area contributed by atoms with Crippen molar-refractivity contribution in [1.82, 2.24) is 5.32 Å². The second-order valence-corrected chi connectivity index (χ2v) is 6.28. The number of carbonyl (C=O) groups excluding carboxylic acids is 1. The molecule has 0 spiro atoms. The van der Waals surface area contributed by atoms with Crippen LogP contribution >= 0.6 is 0 Å². The van der Waals surface area contributed by atoms with Crippen LogP contribution in [0.4, 0.5) is 0 Å². The highest BCUT2D eigenvalue weighted by Crippen LogP contribution is 2.28. The Kier molecular flexibility index (Phi) is 4.15. The molecule has 2 N–H and O–H groups in total. The lowest BCUT2D eigenvalue weighted by atomic mass is 10.0. The first-order valence-electron chi connectivity index (χ1n) is 7.88. The normalized spacial score (nSPS) is 19.3. The summed E-state index contributed by atoms with van der Waals surface area (Å²) in [4.78, 5) is 11.8. The standard InChI is InChI=1S/C17H23NO3/c19-16(18-12-17(20)8-1-2-9-17)11-21-15-7-6-13-4-3-5-14(13)10-15/h6-7,10,20H,1-5,8-9,11-12H2,(H,18,19). The zero-order valence-corrected chi connectivity index (χ0v) is 12.4. The number of hydrogen-bond donors (Lipinski definition) is 2. The highest BCUT2D eigenvalue weighted by molar-refractivity contribution is 5.77. The van der Waals surface area contributed by atoms with E-state index in [1.165, 1.54) is 17.5 Å². The predicted octanol–water partition coefficient (Wildman–Crippen LogP) is 1.98. The van der Waals surface area contributed by atoms with Crippen LogP contribution in [0.3, 0.4) is 0 Å². The minimum Gasteiger partial charge on any atom is -0.484 e. The van der Waals surface area contributed by atoms with E-state index in [2.05, 4.69) is 11.4 Å². The maximum Gasteiger partial charge on any atom is 0.258 e. The van der Waals surface area contributed by atoms with Crippen LogP contribution in [0.5, 0.6) is 5.75 Å². The monoisotopic (exact) mass is 289 g/mol. The molecule has 4 nitrogen and oxygen atoms in total. The van der Waals surface area contributed by atoms with Crippen LogP contribution in [0, 0.1) is 0 Å². The summed E-state index contributed by atoms with van der Waals surface area (Å²) in [5.74, 6) is 0.584. The van der Waals surface area contributed by atoms with Gasteiger partial charge in [-0.3, -0.25) is 4.79 Å². The van der Waals surface area contributed by atoms with Crippen molar-refractivity contribution in [2.45, 2.75) is 50.5 Å². The highest BCUT2D eigenvalue weighted by atomic mass is 16.5. The van der Waals surface area contributed by atoms with E-state index in [-0.39, 0.29) is 12.5 Å². The molecule has 0 heterocycles. The van der Waals surface area contributed by atoms with Gasteiger partial charge in [-0.25, -0.2) is 0 Å². The third kappa shape index (κ3) is 3.56. The van der Waals surface area contributed by atoms with Gasteiger partial charge in [0.15, 0.2) is 6.61 Å². The van der Waals surface area contributed by atoms with Crippen LogP contribution in [0.15, 0.2) is 18.2 Å². The fourth-order valence-corrected chi connectivity index (χ4v) is 3.31. The second-order valence-electron chi connectivity index (χ2n) is 6.28. The van der Waals surface area contributed by atoms with Crippen molar-refractivity contribution in [3.63, 3.8) is 0 Å². The second kappa shape index (κ2) is 6.06. The van der Waals surface area contributed by atoms with Gasteiger partial charge in [0.05, 0.1) is 5.60 Å². The van der Waals surface area contributed by atoms with Crippen molar-refractivity contribution in [2.75, 3.05) is 13.2 Å². The minimum absolute atomic E-state index is 0.00880. The number of benzene rings is 1. The van der Waals surface area contributed by atoms with Crippen LogP contribution in [-0.4, -0.2) is 29.8 Å². The molecule has 0 bridgehead atoms. The van der Waals surface area contributed by atoms with Crippen molar-refractivity contribution in [3.8, 4) is 5.75 Å². The van der Waals surface area contributed by atoms with Crippen molar-refractivity contribution in [1.29, 1.82) is 0 Å². The van der Waals surface area contributed by atoms with Crippen molar-refractivity contribution < 1.29 is 14.6 Å². The predicted molar refractivity (Wildman–Crippen MR) is 80.4 cm³/mol. The number of aryl methyl sites for hydroxylation is 2. The van der Waals surface area contributed by atoms with Gasteiger partial charge in [-0.15, -0.1) is 0 Å². The molecule has 0 aliphatic heterocycles. The van der Waals surface area contributed by atoms with Crippen LogP contribution in [-0.2, 0) is 17.6 Å². The van der Waals surface area contributed by atoms with Gasteiger partial charge in [0.1, 0.15) is 5.75 Å². The largest absolute Gasteiger partial charge is 0.484 e. The Morgan fingerprint density at radius 3 is 2.76 bits per heavy atom. The summed E-state index contributed by atoms with van der Waals surface area (Å²) in [6, 6.07) is 6.07. The summed E-state index contributed by atoms with van der Waals surface area (Å²) >= 11 is 0. The molecule has 1 aromatic rings. The molecule has 114 valence electrons. The lowest BCUT2D eigenvalue weighted by Gasteiger charge is -2.22. The first-order chi connectivity index (χ1) is 10.1. The quantitative estimate of drug-likeness (QED) is 0.871. The number of nitrogens with one attached hydrogen (secondary N) is 1. The number of amides is 1. The summed E-state index contributed by atoms with van der Waals surface area (Å²) in [6.45, 7) is 0.342. The van der Waals surface area contributed by atoms with Gasteiger partial charge in [-0.1, -0.05) is 18.9 Å². The highest BCUT2D eigenvalue weighted by Gasteiger charge is 2.31. The van der Waals surface area contributed by atoms with Gasteiger partial charge < -0.3 is 15.2 Å². The molecule has 3 rings (SSSR count). The number of aliphatic hydroxyl groups is 1. The topological polar surface area (TPSA) is 58.6 Å². The molecule has 2 aliphatic carbocycles. The average molecular weight is 289 g/mol. The fraction of sp³-hybridized carbons (Fsp3) is 0.588. The number of fused-ring (bicyclic) bond motifs is 1. The van der Waals surface area contributed by atoms with E-state index in [1.807, 2.05) is 12.1 Å². The Bertz CT molecular complexity index is 521. The molecule has 0 aromatic heterocycles. The van der Waals surface area contributed by atoms with Crippen LogP contribution in [0.2, 0.25) is 0 Å². The smallest absolute Gasteiger partial charge is 0.258 e. The molecule has 4 heteroatoms. The SMILES string of the molecule is O=C(COc1ccc2c(c1)CCC2)NCC1(O)CCCC1. The summed E-state index contributed by atoms with van der Waals surface area (Å²) in [5.41, 5.74) is 2.03. The van der Waals surface area contributed by atoms with Crippen molar-refractivity contribution in [2.24, 2.45) is 0 Å². The summed E-state index contributed by atoms with van der Waals surface area (Å²) < 4.78 is 5.55. The minimum atomic E-state index is -0.705.